The summed E-state index contributed by atoms with van der Waals surface area (Å²) in [4.78, 5) is 36.3. The number of carbonyl (C=O) groups is 3. The highest BCUT2D eigenvalue weighted by Crippen LogP contribution is 2.16. The summed E-state index contributed by atoms with van der Waals surface area (Å²) in [5.41, 5.74) is 0. The zero-order valence-electron chi connectivity index (χ0n) is 11.7. The van der Waals surface area contributed by atoms with Crippen molar-refractivity contribution in [3.63, 3.8) is 0 Å². The summed E-state index contributed by atoms with van der Waals surface area (Å²) >= 11 is 0. The van der Waals surface area contributed by atoms with Gasteiger partial charge in [-0.15, -0.1) is 0 Å². The minimum absolute atomic E-state index is 0.201. The van der Waals surface area contributed by atoms with Crippen molar-refractivity contribution in [3.05, 3.63) is 0 Å². The Hall–Kier alpha value is -1.67. The van der Waals surface area contributed by atoms with Gasteiger partial charge in [0.05, 0.1) is 13.1 Å². The summed E-state index contributed by atoms with van der Waals surface area (Å²) in [6.07, 6.45) is 0.747. The van der Waals surface area contributed by atoms with Gasteiger partial charge in [-0.05, 0) is 6.42 Å². The Morgan fingerprint density at radius 1 is 1.33 bits per heavy atom. The van der Waals surface area contributed by atoms with Gasteiger partial charge in [0.1, 0.15) is 12.1 Å². The lowest BCUT2D eigenvalue weighted by atomic mass is 10.1. The molecule has 4 atom stereocenters. The molecule has 8 nitrogen and oxygen atoms in total. The average molecular weight is 301 g/mol. The predicted molar refractivity (Wildman–Crippen MR) is 69.7 cm³/mol. The van der Waals surface area contributed by atoms with Crippen molar-refractivity contribution in [3.8, 4) is 0 Å². The number of quaternary nitrogens is 1. The number of carboxylic acids is 2. The lowest BCUT2D eigenvalue weighted by molar-refractivity contribution is -0.904. The van der Waals surface area contributed by atoms with Crippen molar-refractivity contribution >= 4 is 17.8 Å². The van der Waals surface area contributed by atoms with Crippen LogP contribution in [-0.4, -0.2) is 75.9 Å². The number of hydrogen-bond donors (Lipinski definition) is 4. The molecule has 21 heavy (non-hydrogen) atoms. The third-order valence-corrected chi connectivity index (χ3v) is 4.39. The highest BCUT2D eigenvalue weighted by atomic mass is 16.4. The van der Waals surface area contributed by atoms with E-state index in [1.54, 1.807) is 0 Å². The molecule has 118 valence electrons. The first-order valence-electron chi connectivity index (χ1n) is 7.20. The van der Waals surface area contributed by atoms with Crippen LogP contribution in [-0.2, 0) is 14.4 Å². The van der Waals surface area contributed by atoms with Gasteiger partial charge in [-0.2, -0.15) is 0 Å². The molecule has 2 rings (SSSR count). The monoisotopic (exact) mass is 301 g/mol. The van der Waals surface area contributed by atoms with E-state index in [1.165, 1.54) is 4.90 Å². The highest BCUT2D eigenvalue weighted by molar-refractivity contribution is 5.87. The fraction of sp³-hybridized carbons (Fsp3) is 0.769. The molecular formula is C13H21N2O6+. The number of carboxylic acid groups (broad SMARTS) is 2. The second kappa shape index (κ2) is 6.40. The van der Waals surface area contributed by atoms with Gasteiger partial charge in [0.15, 0.2) is 6.04 Å². The fourth-order valence-electron chi connectivity index (χ4n) is 3.24. The van der Waals surface area contributed by atoms with Crippen LogP contribution in [0.1, 0.15) is 25.7 Å². The average Bonchev–Trinajstić information content (AvgIpc) is 3.00. The zero-order chi connectivity index (χ0) is 15.6. The maximum atomic E-state index is 11.7. The highest BCUT2D eigenvalue weighted by Gasteiger charge is 2.40. The molecule has 2 aliphatic rings. The molecular weight excluding hydrogens is 280 g/mol. The Morgan fingerprint density at radius 3 is 2.57 bits per heavy atom. The van der Waals surface area contributed by atoms with Gasteiger partial charge in [0.25, 0.3) is 5.91 Å². The van der Waals surface area contributed by atoms with Crippen LogP contribution in [0.4, 0.5) is 0 Å². The molecule has 1 amide bonds. The molecule has 0 spiro atoms. The number of carbonyl (C=O) groups excluding carboxylic acids is 1. The number of likely N-dealkylation sites (tertiary alicyclic amines) is 2. The van der Waals surface area contributed by atoms with Crippen LogP contribution in [0.3, 0.4) is 0 Å². The van der Waals surface area contributed by atoms with E-state index in [0.29, 0.717) is 19.5 Å². The number of nitrogens with one attached hydrogen (secondary N) is 1. The molecule has 0 bridgehead atoms. The van der Waals surface area contributed by atoms with Crippen molar-refractivity contribution in [2.24, 2.45) is 0 Å². The third-order valence-electron chi connectivity index (χ3n) is 4.39. The molecule has 0 aromatic carbocycles. The van der Waals surface area contributed by atoms with Crippen molar-refractivity contribution in [2.45, 2.75) is 43.9 Å². The Balaban J connectivity index is 1.96. The summed E-state index contributed by atoms with van der Waals surface area (Å²) < 4.78 is 0. The summed E-state index contributed by atoms with van der Waals surface area (Å²) in [6, 6.07) is -1.48. The number of aliphatic hydroxyl groups is 1. The molecule has 0 saturated carbocycles. The minimum Gasteiger partial charge on any atom is -0.480 e. The largest absolute Gasteiger partial charge is 0.480 e. The smallest absolute Gasteiger partial charge is 0.362 e. The Morgan fingerprint density at radius 2 is 2.05 bits per heavy atom. The van der Waals surface area contributed by atoms with E-state index in [9.17, 15) is 24.6 Å². The molecule has 4 N–H and O–H groups in total. The Kier molecular flexibility index (Phi) is 4.79. The Labute approximate surface area is 121 Å². The van der Waals surface area contributed by atoms with Gasteiger partial charge < -0.3 is 25.1 Å². The first kappa shape index (κ1) is 15.7. The topological polar surface area (TPSA) is 120 Å². The van der Waals surface area contributed by atoms with E-state index in [-0.39, 0.29) is 19.4 Å². The van der Waals surface area contributed by atoms with E-state index >= 15 is 0 Å². The molecule has 0 aliphatic carbocycles. The van der Waals surface area contributed by atoms with Crippen molar-refractivity contribution < 1.29 is 34.6 Å². The number of aliphatic hydroxyl groups excluding tert-OH is 1. The number of amides is 1. The van der Waals surface area contributed by atoms with Gasteiger partial charge in [0, 0.05) is 25.8 Å². The number of aliphatic carboxylic acids is 2. The van der Waals surface area contributed by atoms with Crippen molar-refractivity contribution in [1.29, 1.82) is 0 Å². The first-order valence-corrected chi connectivity index (χ1v) is 7.20. The molecule has 8 heteroatoms. The number of rotatable bonds is 6. The molecule has 2 saturated heterocycles. The van der Waals surface area contributed by atoms with Crippen molar-refractivity contribution in [2.75, 3.05) is 19.6 Å². The molecule has 0 aromatic rings. The van der Waals surface area contributed by atoms with E-state index in [1.807, 2.05) is 0 Å². The molecule has 0 radical (unpaired) electrons. The van der Waals surface area contributed by atoms with Crippen molar-refractivity contribution in [1.82, 2.24) is 4.90 Å². The van der Waals surface area contributed by atoms with E-state index in [2.05, 4.69) is 0 Å². The fourth-order valence-corrected chi connectivity index (χ4v) is 3.24. The van der Waals surface area contributed by atoms with Crippen LogP contribution in [0, 0.1) is 0 Å². The minimum atomic E-state index is -1.11. The summed E-state index contributed by atoms with van der Waals surface area (Å²) in [5, 5.41) is 27.8. The number of hydrogen-bond acceptors (Lipinski definition) is 4. The van der Waals surface area contributed by atoms with Crippen LogP contribution in [0.5, 0.6) is 0 Å². The first-order chi connectivity index (χ1) is 9.91. The molecule has 2 aliphatic heterocycles. The maximum absolute atomic E-state index is 11.7. The summed E-state index contributed by atoms with van der Waals surface area (Å²) in [7, 11) is 0. The Bertz CT molecular complexity index is 440. The van der Waals surface area contributed by atoms with Gasteiger partial charge in [-0.3, -0.25) is 4.79 Å². The normalized spacial score (nSPS) is 30.6. The van der Waals surface area contributed by atoms with Crippen LogP contribution < -0.4 is 4.90 Å². The standard InChI is InChI=1S/C13H20N2O6/c16-10-4-7-15(11(10)17)9(13(20)21)3-6-14-5-1-2-8(14)12(18)19/h8-10,16H,1-7H2,(H,18,19)(H,20,21)/p+1/t8-,9-,10-/m0/s1. The molecule has 1 unspecified atom stereocenters. The van der Waals surface area contributed by atoms with E-state index < -0.39 is 36.0 Å². The van der Waals surface area contributed by atoms with E-state index in [0.717, 1.165) is 11.3 Å². The van der Waals surface area contributed by atoms with Gasteiger partial charge in [-0.1, -0.05) is 0 Å². The quantitative estimate of drug-likeness (QED) is 0.432. The molecule has 2 heterocycles. The van der Waals surface area contributed by atoms with Gasteiger partial charge in [-0.25, -0.2) is 9.59 Å². The van der Waals surface area contributed by atoms with E-state index in [4.69, 9.17) is 5.11 Å². The van der Waals surface area contributed by atoms with Crippen LogP contribution in [0.2, 0.25) is 0 Å². The van der Waals surface area contributed by atoms with Crippen LogP contribution in [0.15, 0.2) is 0 Å². The third kappa shape index (κ3) is 3.33. The van der Waals surface area contributed by atoms with Gasteiger partial charge >= 0.3 is 11.9 Å². The van der Waals surface area contributed by atoms with Gasteiger partial charge in [0.2, 0.25) is 0 Å². The van der Waals surface area contributed by atoms with Crippen LogP contribution in [0.25, 0.3) is 0 Å². The predicted octanol–water partition coefficient (Wildman–Crippen LogP) is -2.45. The molecule has 0 aromatic heterocycles. The lowest BCUT2D eigenvalue weighted by Crippen LogP contribution is -3.14. The zero-order valence-corrected chi connectivity index (χ0v) is 11.7. The SMILES string of the molecule is O=C(O)[C@H](CC[NH+]1CCC[C@H]1C(=O)O)N1CC[C@H](O)C1=O. The molecule has 2 fully saturated rings. The van der Waals surface area contributed by atoms with Crippen LogP contribution >= 0.6 is 0 Å². The maximum Gasteiger partial charge on any atom is 0.362 e. The lowest BCUT2D eigenvalue weighted by Gasteiger charge is -2.26. The number of nitrogens with zero attached hydrogens (tertiary/aromatic N) is 1. The summed E-state index contributed by atoms with van der Waals surface area (Å²) in [6.45, 7) is 1.34. The second-order valence-corrected chi connectivity index (χ2v) is 5.67. The second-order valence-electron chi connectivity index (χ2n) is 5.67. The summed E-state index contributed by atoms with van der Waals surface area (Å²) in [5.74, 6) is -2.52.